The lowest BCUT2D eigenvalue weighted by molar-refractivity contribution is 0.359. The summed E-state index contributed by atoms with van der Waals surface area (Å²) in [6, 6.07) is 13.6. The lowest BCUT2D eigenvalue weighted by Gasteiger charge is -2.12. The molecule has 24 heavy (non-hydrogen) atoms. The number of nitrogen functional groups attached to an aromatic ring is 1. The third-order valence-corrected chi connectivity index (χ3v) is 3.68. The number of hydrogen-bond acceptors (Lipinski definition) is 5. The molecule has 122 valence electrons. The highest BCUT2D eigenvalue weighted by Crippen LogP contribution is 2.22. The summed E-state index contributed by atoms with van der Waals surface area (Å²) in [7, 11) is 0. The van der Waals surface area contributed by atoms with Gasteiger partial charge in [-0.25, -0.2) is 9.97 Å². The summed E-state index contributed by atoms with van der Waals surface area (Å²) in [4.78, 5) is 8.59. The molecule has 0 aliphatic heterocycles. The molecule has 3 rings (SSSR count). The number of benzene rings is 2. The van der Waals surface area contributed by atoms with Gasteiger partial charge in [0, 0.05) is 17.6 Å². The van der Waals surface area contributed by atoms with E-state index in [0.717, 1.165) is 41.0 Å². The highest BCUT2D eigenvalue weighted by atomic mass is 16.5. The van der Waals surface area contributed by atoms with Crippen molar-refractivity contribution < 1.29 is 4.74 Å². The molecule has 0 fully saturated rings. The minimum atomic E-state index is 0.500. The maximum atomic E-state index is 5.87. The van der Waals surface area contributed by atoms with E-state index in [1.165, 1.54) is 0 Å². The fraction of sp³-hybridized carbons (Fsp3) is 0.158. The molecule has 3 aromatic rings. The summed E-state index contributed by atoms with van der Waals surface area (Å²) in [5.74, 6) is 1.67. The van der Waals surface area contributed by atoms with Crippen LogP contribution < -0.4 is 15.8 Å². The van der Waals surface area contributed by atoms with Crippen LogP contribution in [0.1, 0.15) is 5.56 Å². The summed E-state index contributed by atoms with van der Waals surface area (Å²) in [5, 5.41) is 4.29. The molecule has 0 aliphatic rings. The topological polar surface area (TPSA) is 73.1 Å². The van der Waals surface area contributed by atoms with Crippen molar-refractivity contribution in [1.29, 1.82) is 0 Å². The van der Waals surface area contributed by atoms with Gasteiger partial charge in [-0.2, -0.15) is 0 Å². The lowest BCUT2D eigenvalue weighted by atomic mass is 10.1. The molecule has 0 bridgehead atoms. The van der Waals surface area contributed by atoms with Gasteiger partial charge in [-0.1, -0.05) is 30.9 Å². The Morgan fingerprint density at radius 3 is 2.92 bits per heavy atom. The number of aromatic nitrogens is 2. The van der Waals surface area contributed by atoms with Crippen molar-refractivity contribution in [2.45, 2.75) is 6.42 Å². The van der Waals surface area contributed by atoms with Gasteiger partial charge in [-0.3, -0.25) is 0 Å². The van der Waals surface area contributed by atoms with E-state index in [9.17, 15) is 0 Å². The van der Waals surface area contributed by atoms with E-state index in [-0.39, 0.29) is 0 Å². The smallest absolute Gasteiger partial charge is 0.137 e. The minimum absolute atomic E-state index is 0.500. The molecule has 5 heteroatoms. The monoisotopic (exact) mass is 320 g/mol. The van der Waals surface area contributed by atoms with E-state index >= 15 is 0 Å². The number of anilines is 2. The van der Waals surface area contributed by atoms with Crippen LogP contribution in [0.5, 0.6) is 5.75 Å². The molecule has 2 aromatic carbocycles. The van der Waals surface area contributed by atoms with Crippen molar-refractivity contribution in [3.8, 4) is 5.75 Å². The molecule has 0 amide bonds. The average Bonchev–Trinajstić information content (AvgIpc) is 2.61. The van der Waals surface area contributed by atoms with Crippen molar-refractivity contribution in [2.75, 3.05) is 24.2 Å². The molecular formula is C19H20N4O. The van der Waals surface area contributed by atoms with Crippen molar-refractivity contribution in [3.63, 3.8) is 0 Å². The Bertz CT molecular complexity index is 848. The van der Waals surface area contributed by atoms with Crippen molar-refractivity contribution in [1.82, 2.24) is 9.97 Å². The van der Waals surface area contributed by atoms with Crippen LogP contribution in [0, 0.1) is 0 Å². The van der Waals surface area contributed by atoms with E-state index in [2.05, 4.69) is 27.9 Å². The van der Waals surface area contributed by atoms with Crippen LogP contribution in [0.2, 0.25) is 0 Å². The Balaban J connectivity index is 1.71. The summed E-state index contributed by atoms with van der Waals surface area (Å²) in [6.45, 7) is 4.91. The number of nitrogens with two attached hydrogens (primary N) is 1. The second-order valence-electron chi connectivity index (χ2n) is 5.38. The molecule has 3 N–H and O–H groups in total. The van der Waals surface area contributed by atoms with Gasteiger partial charge in [-0.15, -0.1) is 0 Å². The zero-order valence-electron chi connectivity index (χ0n) is 13.4. The minimum Gasteiger partial charge on any atom is -0.489 e. The first-order valence-corrected chi connectivity index (χ1v) is 7.83. The molecule has 1 heterocycles. The first kappa shape index (κ1) is 15.8. The predicted octanol–water partition coefficient (Wildman–Crippen LogP) is 3.43. The van der Waals surface area contributed by atoms with Crippen LogP contribution in [-0.4, -0.2) is 23.1 Å². The summed E-state index contributed by atoms with van der Waals surface area (Å²) >= 11 is 0. The summed E-state index contributed by atoms with van der Waals surface area (Å²) in [6.07, 6.45) is 4.12. The highest BCUT2D eigenvalue weighted by Gasteiger charge is 2.06. The maximum Gasteiger partial charge on any atom is 0.137 e. The number of para-hydroxylation sites is 1. The van der Waals surface area contributed by atoms with Gasteiger partial charge in [0.25, 0.3) is 0 Å². The van der Waals surface area contributed by atoms with Crippen molar-refractivity contribution in [3.05, 3.63) is 67.0 Å². The molecular weight excluding hydrogens is 300 g/mol. The van der Waals surface area contributed by atoms with Gasteiger partial charge >= 0.3 is 0 Å². The van der Waals surface area contributed by atoms with Crippen LogP contribution in [0.25, 0.3) is 10.9 Å². The molecule has 0 unspecified atom stereocenters. The normalized spacial score (nSPS) is 10.5. The highest BCUT2D eigenvalue weighted by molar-refractivity contribution is 5.91. The van der Waals surface area contributed by atoms with E-state index in [0.29, 0.717) is 12.3 Å². The Morgan fingerprint density at radius 2 is 2.04 bits per heavy atom. The summed E-state index contributed by atoms with van der Waals surface area (Å²) < 4.78 is 5.69. The Morgan fingerprint density at radius 1 is 1.17 bits per heavy atom. The van der Waals surface area contributed by atoms with E-state index in [1.54, 1.807) is 12.4 Å². The number of rotatable bonds is 7. The number of nitrogens with zero attached hydrogens (tertiary/aromatic N) is 2. The summed E-state index contributed by atoms with van der Waals surface area (Å²) in [5.41, 5.74) is 8.58. The van der Waals surface area contributed by atoms with Crippen LogP contribution in [0.15, 0.2) is 61.4 Å². The van der Waals surface area contributed by atoms with Gasteiger partial charge in [-0.05, 0) is 36.2 Å². The fourth-order valence-corrected chi connectivity index (χ4v) is 2.53. The maximum absolute atomic E-state index is 5.87. The second-order valence-corrected chi connectivity index (χ2v) is 5.38. The lowest BCUT2D eigenvalue weighted by Crippen LogP contribution is -2.08. The molecule has 0 saturated carbocycles. The number of fused-ring (bicyclic) bond motifs is 1. The van der Waals surface area contributed by atoms with Crippen molar-refractivity contribution >= 4 is 22.4 Å². The van der Waals surface area contributed by atoms with Gasteiger partial charge < -0.3 is 15.8 Å². The SMILES string of the molecule is C=CCOc1ccccc1CCNc1ncnc2ccc(N)cc12. The second kappa shape index (κ2) is 7.46. The third-order valence-electron chi connectivity index (χ3n) is 3.68. The van der Waals surface area contributed by atoms with Gasteiger partial charge in [0.05, 0.1) is 5.52 Å². The van der Waals surface area contributed by atoms with E-state index in [4.69, 9.17) is 10.5 Å². The fourth-order valence-electron chi connectivity index (χ4n) is 2.53. The van der Waals surface area contributed by atoms with Gasteiger partial charge in [0.1, 0.15) is 24.5 Å². The zero-order valence-corrected chi connectivity index (χ0v) is 13.4. The van der Waals surface area contributed by atoms with Gasteiger partial charge in [0.15, 0.2) is 0 Å². The zero-order chi connectivity index (χ0) is 16.8. The van der Waals surface area contributed by atoms with Gasteiger partial charge in [0.2, 0.25) is 0 Å². The Kier molecular flexibility index (Phi) is 4.91. The molecule has 1 aromatic heterocycles. The largest absolute Gasteiger partial charge is 0.489 e. The van der Waals surface area contributed by atoms with Crippen LogP contribution in [-0.2, 0) is 6.42 Å². The van der Waals surface area contributed by atoms with Crippen molar-refractivity contribution in [2.24, 2.45) is 0 Å². The van der Waals surface area contributed by atoms with E-state index < -0.39 is 0 Å². The van der Waals surface area contributed by atoms with Crippen LogP contribution >= 0.6 is 0 Å². The first-order valence-electron chi connectivity index (χ1n) is 7.83. The molecule has 0 spiro atoms. The molecule has 0 saturated heterocycles. The Hall–Kier alpha value is -3.08. The van der Waals surface area contributed by atoms with Crippen LogP contribution in [0.4, 0.5) is 11.5 Å². The average molecular weight is 320 g/mol. The number of nitrogens with one attached hydrogen (secondary N) is 1. The Labute approximate surface area is 141 Å². The van der Waals surface area contributed by atoms with Crippen LogP contribution in [0.3, 0.4) is 0 Å². The standard InChI is InChI=1S/C19H20N4O/c1-2-11-24-18-6-4-3-5-14(18)9-10-21-19-16-12-15(20)7-8-17(16)22-13-23-19/h2-8,12-13H,1,9-11,20H2,(H,21,22,23). The third kappa shape index (κ3) is 3.63. The quantitative estimate of drug-likeness (QED) is 0.515. The predicted molar refractivity (Wildman–Crippen MR) is 98.3 cm³/mol. The number of ether oxygens (including phenoxy) is 1. The molecule has 5 nitrogen and oxygen atoms in total. The van der Waals surface area contributed by atoms with E-state index in [1.807, 2.05) is 36.4 Å². The molecule has 0 atom stereocenters. The molecule has 0 radical (unpaired) electrons. The first-order chi connectivity index (χ1) is 11.8. The number of hydrogen-bond donors (Lipinski definition) is 2. The molecule has 0 aliphatic carbocycles.